The third kappa shape index (κ3) is 4.04. The second-order valence-electron chi connectivity index (χ2n) is 5.97. The van der Waals surface area contributed by atoms with E-state index in [0.717, 1.165) is 25.2 Å². The molecule has 4 heteroatoms. The first-order valence-electron chi connectivity index (χ1n) is 7.97. The van der Waals surface area contributed by atoms with E-state index < -0.39 is 0 Å². The zero-order valence-electron chi connectivity index (χ0n) is 13.1. The topological polar surface area (TPSA) is 38.2 Å². The van der Waals surface area contributed by atoms with Crippen molar-refractivity contribution in [2.75, 3.05) is 20.2 Å². The van der Waals surface area contributed by atoms with Crippen LogP contribution in [-0.4, -0.2) is 41.1 Å². The average molecular weight is 297 g/mol. The van der Waals surface area contributed by atoms with Gasteiger partial charge in [0.05, 0.1) is 6.20 Å². The zero-order valence-corrected chi connectivity index (χ0v) is 13.1. The van der Waals surface area contributed by atoms with Gasteiger partial charge in [-0.15, -0.1) is 0 Å². The van der Waals surface area contributed by atoms with Crippen LogP contribution >= 0.6 is 0 Å². The van der Waals surface area contributed by atoms with Gasteiger partial charge in [-0.3, -0.25) is 9.97 Å². The van der Waals surface area contributed by atoms with Crippen molar-refractivity contribution in [2.45, 2.75) is 31.7 Å². The number of aryl methyl sites for hydroxylation is 2. The molecule has 3 rings (SSSR count). The van der Waals surface area contributed by atoms with Crippen molar-refractivity contribution < 1.29 is 4.74 Å². The summed E-state index contributed by atoms with van der Waals surface area (Å²) in [5.74, 6) is 0.882. The first kappa shape index (κ1) is 15.0. The van der Waals surface area contributed by atoms with Gasteiger partial charge in [-0.25, -0.2) is 0 Å². The van der Waals surface area contributed by atoms with Crippen molar-refractivity contribution in [1.29, 1.82) is 0 Å². The Morgan fingerprint density at radius 1 is 1.14 bits per heavy atom. The summed E-state index contributed by atoms with van der Waals surface area (Å²) in [5.41, 5.74) is 2.52. The third-order valence-electron chi connectivity index (χ3n) is 4.34. The number of aromatic nitrogens is 2. The summed E-state index contributed by atoms with van der Waals surface area (Å²) < 4.78 is 5.94. The maximum atomic E-state index is 5.94. The van der Waals surface area contributed by atoms with Crippen LogP contribution in [0.25, 0.3) is 0 Å². The fourth-order valence-electron chi connectivity index (χ4n) is 2.90. The van der Waals surface area contributed by atoms with Crippen LogP contribution in [0, 0.1) is 0 Å². The number of pyridine rings is 2. The van der Waals surface area contributed by atoms with Gasteiger partial charge in [0.1, 0.15) is 12.4 Å². The minimum atomic E-state index is 0.542. The van der Waals surface area contributed by atoms with Crippen molar-refractivity contribution in [3.8, 4) is 5.75 Å². The molecule has 0 aromatic carbocycles. The SMILES string of the molecule is CN1CCC[C@H]1COc1cncc(CCc2ccncc2)c1. The highest BCUT2D eigenvalue weighted by atomic mass is 16.5. The Hall–Kier alpha value is -1.94. The fraction of sp³-hybridized carbons (Fsp3) is 0.444. The average Bonchev–Trinajstić information content (AvgIpc) is 2.98. The van der Waals surface area contributed by atoms with Gasteiger partial charge in [0.25, 0.3) is 0 Å². The summed E-state index contributed by atoms with van der Waals surface area (Å²) in [4.78, 5) is 10.7. The molecular formula is C18H23N3O. The van der Waals surface area contributed by atoms with Gasteiger partial charge in [-0.05, 0) is 68.6 Å². The van der Waals surface area contributed by atoms with Crippen LogP contribution in [0.5, 0.6) is 5.75 Å². The number of likely N-dealkylation sites (N-methyl/N-ethyl adjacent to an activating group) is 1. The van der Waals surface area contributed by atoms with Crippen LogP contribution in [-0.2, 0) is 12.8 Å². The molecule has 0 radical (unpaired) electrons. The highest BCUT2D eigenvalue weighted by Crippen LogP contribution is 2.18. The molecule has 0 N–H and O–H groups in total. The lowest BCUT2D eigenvalue weighted by Gasteiger charge is -2.19. The summed E-state index contributed by atoms with van der Waals surface area (Å²) in [6, 6.07) is 6.77. The lowest BCUT2D eigenvalue weighted by atomic mass is 10.1. The minimum Gasteiger partial charge on any atom is -0.490 e. The van der Waals surface area contributed by atoms with Gasteiger partial charge in [-0.1, -0.05) is 0 Å². The highest BCUT2D eigenvalue weighted by Gasteiger charge is 2.21. The van der Waals surface area contributed by atoms with E-state index in [1.54, 1.807) is 0 Å². The minimum absolute atomic E-state index is 0.542. The molecule has 0 bridgehead atoms. The second kappa shape index (κ2) is 7.36. The van der Waals surface area contributed by atoms with Gasteiger partial charge in [0, 0.05) is 24.6 Å². The van der Waals surface area contributed by atoms with Gasteiger partial charge < -0.3 is 9.64 Å². The van der Waals surface area contributed by atoms with Crippen LogP contribution in [0.1, 0.15) is 24.0 Å². The van der Waals surface area contributed by atoms with E-state index in [-0.39, 0.29) is 0 Å². The van der Waals surface area contributed by atoms with Crippen molar-refractivity contribution in [3.05, 3.63) is 54.1 Å². The van der Waals surface area contributed by atoms with Crippen molar-refractivity contribution in [3.63, 3.8) is 0 Å². The maximum Gasteiger partial charge on any atom is 0.137 e. The number of ether oxygens (including phenoxy) is 1. The first-order chi connectivity index (χ1) is 10.8. The number of rotatable bonds is 6. The molecular weight excluding hydrogens is 274 g/mol. The predicted octanol–water partition coefficient (Wildman–Crippen LogP) is 2.73. The summed E-state index contributed by atoms with van der Waals surface area (Å²) in [6.07, 6.45) is 11.9. The molecule has 22 heavy (non-hydrogen) atoms. The normalized spacial score (nSPS) is 18.5. The third-order valence-corrected chi connectivity index (χ3v) is 4.34. The molecule has 2 aromatic rings. The Bertz CT molecular complexity index is 588. The number of likely N-dealkylation sites (tertiary alicyclic amines) is 1. The lowest BCUT2D eigenvalue weighted by molar-refractivity contribution is 0.197. The van der Waals surface area contributed by atoms with Crippen molar-refractivity contribution >= 4 is 0 Å². The fourth-order valence-corrected chi connectivity index (χ4v) is 2.90. The second-order valence-corrected chi connectivity index (χ2v) is 5.97. The Labute approximate surface area is 132 Å². The zero-order chi connectivity index (χ0) is 15.2. The monoisotopic (exact) mass is 297 g/mol. The van der Waals surface area contributed by atoms with E-state index in [0.29, 0.717) is 6.04 Å². The van der Waals surface area contributed by atoms with E-state index in [9.17, 15) is 0 Å². The lowest BCUT2D eigenvalue weighted by Crippen LogP contribution is -2.30. The molecule has 0 spiro atoms. The van der Waals surface area contributed by atoms with E-state index >= 15 is 0 Å². The van der Waals surface area contributed by atoms with E-state index in [4.69, 9.17) is 4.74 Å². The summed E-state index contributed by atoms with van der Waals surface area (Å²) >= 11 is 0. The molecule has 4 nitrogen and oxygen atoms in total. The number of hydrogen-bond donors (Lipinski definition) is 0. The molecule has 1 saturated heterocycles. The molecule has 1 fully saturated rings. The molecule has 3 heterocycles. The van der Waals surface area contributed by atoms with Crippen molar-refractivity contribution in [2.24, 2.45) is 0 Å². The Balaban J connectivity index is 1.53. The smallest absolute Gasteiger partial charge is 0.137 e. The molecule has 1 aliphatic rings. The molecule has 2 aromatic heterocycles. The quantitative estimate of drug-likeness (QED) is 0.822. The Kier molecular flexibility index (Phi) is 5.01. The van der Waals surface area contributed by atoms with Gasteiger partial charge >= 0.3 is 0 Å². The van der Waals surface area contributed by atoms with Gasteiger partial charge in [0.2, 0.25) is 0 Å². The van der Waals surface area contributed by atoms with E-state index in [1.807, 2.05) is 24.8 Å². The Morgan fingerprint density at radius 2 is 1.95 bits per heavy atom. The molecule has 0 aliphatic carbocycles. The Morgan fingerprint density at radius 3 is 2.73 bits per heavy atom. The molecule has 116 valence electrons. The summed E-state index contributed by atoms with van der Waals surface area (Å²) in [7, 11) is 2.17. The van der Waals surface area contributed by atoms with Crippen LogP contribution in [0.3, 0.4) is 0 Å². The largest absolute Gasteiger partial charge is 0.490 e. The first-order valence-corrected chi connectivity index (χ1v) is 7.97. The van der Waals surface area contributed by atoms with E-state index in [2.05, 4.69) is 40.1 Å². The maximum absolute atomic E-state index is 5.94. The predicted molar refractivity (Wildman–Crippen MR) is 87.0 cm³/mol. The molecule has 1 aliphatic heterocycles. The molecule has 0 unspecified atom stereocenters. The standard InChI is InChI=1S/C18H23N3O/c1-21-10-2-3-17(21)14-22-18-11-16(12-20-13-18)5-4-15-6-8-19-9-7-15/h6-9,11-13,17H,2-5,10,14H2,1H3/t17-/m0/s1. The van der Waals surface area contributed by atoms with Gasteiger partial charge in [0.15, 0.2) is 0 Å². The summed E-state index contributed by atoms with van der Waals surface area (Å²) in [5, 5.41) is 0. The van der Waals surface area contributed by atoms with Crippen LogP contribution in [0.15, 0.2) is 43.0 Å². The van der Waals surface area contributed by atoms with Crippen molar-refractivity contribution in [1.82, 2.24) is 14.9 Å². The molecule has 1 atom stereocenters. The van der Waals surface area contributed by atoms with Crippen LogP contribution in [0.4, 0.5) is 0 Å². The molecule has 0 saturated carbocycles. The van der Waals surface area contributed by atoms with E-state index in [1.165, 1.54) is 30.5 Å². The van der Waals surface area contributed by atoms with Crippen LogP contribution in [0.2, 0.25) is 0 Å². The van der Waals surface area contributed by atoms with Gasteiger partial charge in [-0.2, -0.15) is 0 Å². The highest BCUT2D eigenvalue weighted by molar-refractivity contribution is 5.25. The number of hydrogen-bond acceptors (Lipinski definition) is 4. The number of nitrogens with zero attached hydrogens (tertiary/aromatic N) is 3. The molecule has 0 amide bonds. The summed E-state index contributed by atoms with van der Waals surface area (Å²) in [6.45, 7) is 1.93. The van der Waals surface area contributed by atoms with Crippen LogP contribution < -0.4 is 4.74 Å².